The quantitative estimate of drug-likeness (QED) is 0.496. The van der Waals surface area contributed by atoms with Crippen LogP contribution in [0.5, 0.6) is 0 Å². The van der Waals surface area contributed by atoms with Crippen molar-refractivity contribution in [1.29, 1.82) is 0 Å². The summed E-state index contributed by atoms with van der Waals surface area (Å²) in [4.78, 5) is 0. The van der Waals surface area contributed by atoms with Gasteiger partial charge in [0, 0.05) is 27.9 Å². The monoisotopic (exact) mass is 377 g/mol. The summed E-state index contributed by atoms with van der Waals surface area (Å²) in [5.41, 5.74) is 2.00. The van der Waals surface area contributed by atoms with Gasteiger partial charge in [-0.1, -0.05) is 78.3 Å². The molecule has 0 saturated heterocycles. The lowest BCUT2D eigenvalue weighted by Crippen LogP contribution is -2.02. The average Bonchev–Trinajstić information content (AvgIpc) is 2.98. The van der Waals surface area contributed by atoms with Crippen LogP contribution < -0.4 is 0 Å². The van der Waals surface area contributed by atoms with Crippen LogP contribution in [0, 0.1) is 0 Å². The molecule has 124 valence electrons. The fraction of sp³-hybridized carbons (Fsp3) is 0.222. The smallest absolute Gasteiger partial charge is 0.191 e. The molecule has 3 rings (SSSR count). The van der Waals surface area contributed by atoms with Crippen LogP contribution in [-0.2, 0) is 12.3 Å². The summed E-state index contributed by atoms with van der Waals surface area (Å²) in [6, 6.07) is 15.7. The summed E-state index contributed by atoms with van der Waals surface area (Å²) in [6.45, 7) is 3.02. The molecule has 0 unspecified atom stereocenters. The van der Waals surface area contributed by atoms with Gasteiger partial charge in [0.1, 0.15) is 0 Å². The molecule has 0 aliphatic carbocycles. The van der Waals surface area contributed by atoms with Crippen molar-refractivity contribution < 1.29 is 0 Å². The first-order chi connectivity index (χ1) is 11.7. The molecule has 0 bridgehead atoms. The van der Waals surface area contributed by atoms with Crippen molar-refractivity contribution in [3.05, 3.63) is 64.1 Å². The molecule has 1 aromatic heterocycles. The number of rotatable bonds is 6. The molecule has 1 heterocycles. The van der Waals surface area contributed by atoms with Crippen LogP contribution in [0.25, 0.3) is 11.4 Å². The van der Waals surface area contributed by atoms with Gasteiger partial charge in [-0.2, -0.15) is 0 Å². The number of hydrogen-bond acceptors (Lipinski definition) is 3. The minimum absolute atomic E-state index is 0.662. The second-order valence-electron chi connectivity index (χ2n) is 5.31. The lowest BCUT2D eigenvalue weighted by molar-refractivity contribution is 0.626. The molecule has 0 radical (unpaired) electrons. The highest BCUT2D eigenvalue weighted by Crippen LogP contribution is 2.32. The minimum atomic E-state index is 0.662. The van der Waals surface area contributed by atoms with Crippen LogP contribution in [0.3, 0.4) is 0 Å². The predicted octanol–water partition coefficient (Wildman–Crippen LogP) is 5.95. The van der Waals surface area contributed by atoms with Gasteiger partial charge in [-0.3, -0.25) is 0 Å². The highest BCUT2D eigenvalue weighted by atomic mass is 35.5. The van der Waals surface area contributed by atoms with E-state index in [9.17, 15) is 0 Å². The van der Waals surface area contributed by atoms with Gasteiger partial charge >= 0.3 is 0 Å². The summed E-state index contributed by atoms with van der Waals surface area (Å²) < 4.78 is 2.16. The summed E-state index contributed by atoms with van der Waals surface area (Å²) in [5, 5.41) is 11.0. The molecule has 0 amide bonds. The second-order valence-corrected chi connectivity index (χ2v) is 7.07. The van der Waals surface area contributed by atoms with Crippen LogP contribution in [0.2, 0.25) is 10.0 Å². The average molecular weight is 378 g/mol. The van der Waals surface area contributed by atoms with Crippen molar-refractivity contribution >= 4 is 35.0 Å². The maximum absolute atomic E-state index is 6.26. The van der Waals surface area contributed by atoms with Gasteiger partial charge in [0.2, 0.25) is 0 Å². The normalized spacial score (nSPS) is 11.0. The maximum atomic E-state index is 6.26. The number of hydrogen-bond donors (Lipinski definition) is 0. The third-order valence-electron chi connectivity index (χ3n) is 3.60. The van der Waals surface area contributed by atoms with Crippen LogP contribution in [0.1, 0.15) is 18.9 Å². The molecule has 0 N–H and O–H groups in total. The molecular formula is C18H17Cl2N3S. The first-order valence-corrected chi connectivity index (χ1v) is 9.49. The lowest BCUT2D eigenvalue weighted by atomic mass is 10.2. The van der Waals surface area contributed by atoms with Gasteiger partial charge in [-0.25, -0.2) is 0 Å². The van der Waals surface area contributed by atoms with Crippen molar-refractivity contribution in [3.8, 4) is 11.4 Å². The van der Waals surface area contributed by atoms with Gasteiger partial charge < -0.3 is 4.57 Å². The molecule has 24 heavy (non-hydrogen) atoms. The van der Waals surface area contributed by atoms with E-state index in [1.807, 2.05) is 36.4 Å². The summed E-state index contributed by atoms with van der Waals surface area (Å²) in [7, 11) is 0. The first-order valence-electron chi connectivity index (χ1n) is 7.75. The molecule has 0 atom stereocenters. The second kappa shape index (κ2) is 8.06. The van der Waals surface area contributed by atoms with Gasteiger partial charge in [0.25, 0.3) is 0 Å². The Morgan fingerprint density at radius 2 is 1.67 bits per heavy atom. The number of aromatic nitrogens is 3. The third kappa shape index (κ3) is 3.77. The zero-order chi connectivity index (χ0) is 16.9. The Hall–Kier alpha value is -1.49. The molecule has 0 saturated carbocycles. The SMILES string of the molecule is CCCn1c(SCc2c(Cl)cccc2Cl)nnc1-c1ccccc1. The molecule has 6 heteroatoms. The van der Waals surface area contributed by atoms with E-state index in [1.54, 1.807) is 11.8 Å². The van der Waals surface area contributed by atoms with E-state index in [1.165, 1.54) is 0 Å². The minimum Gasteiger partial charge on any atom is -0.302 e. The molecule has 2 aromatic carbocycles. The standard InChI is InChI=1S/C18H17Cl2N3S/c1-2-11-23-17(13-7-4-3-5-8-13)21-22-18(23)24-12-14-15(19)9-6-10-16(14)20/h3-10H,2,11-12H2,1H3. The fourth-order valence-electron chi connectivity index (χ4n) is 2.43. The van der Waals surface area contributed by atoms with Gasteiger partial charge in [-0.05, 0) is 24.1 Å². The zero-order valence-electron chi connectivity index (χ0n) is 13.2. The first kappa shape index (κ1) is 17.3. The highest BCUT2D eigenvalue weighted by molar-refractivity contribution is 7.98. The Bertz CT molecular complexity index is 798. The summed E-state index contributed by atoms with van der Waals surface area (Å²) >= 11 is 14.1. The van der Waals surface area contributed by atoms with Crippen molar-refractivity contribution in [2.24, 2.45) is 0 Å². The zero-order valence-corrected chi connectivity index (χ0v) is 15.6. The van der Waals surface area contributed by atoms with E-state index < -0.39 is 0 Å². The molecule has 0 aliphatic heterocycles. The Kier molecular flexibility index (Phi) is 5.82. The van der Waals surface area contributed by atoms with Crippen molar-refractivity contribution in [2.75, 3.05) is 0 Å². The molecule has 0 fully saturated rings. The Labute approximate surface area is 156 Å². The van der Waals surface area contributed by atoms with Gasteiger partial charge in [0.15, 0.2) is 11.0 Å². The van der Waals surface area contributed by atoms with Crippen molar-refractivity contribution in [3.63, 3.8) is 0 Å². The fourth-order valence-corrected chi connectivity index (χ4v) is 4.13. The third-order valence-corrected chi connectivity index (χ3v) is 5.30. The predicted molar refractivity (Wildman–Crippen MR) is 102 cm³/mol. The molecule has 3 aromatic rings. The Balaban J connectivity index is 1.87. The maximum Gasteiger partial charge on any atom is 0.191 e. The molecule has 0 aliphatic rings. The van der Waals surface area contributed by atoms with Crippen molar-refractivity contribution in [1.82, 2.24) is 14.8 Å². The van der Waals surface area contributed by atoms with Gasteiger partial charge in [-0.15, -0.1) is 10.2 Å². The molecule has 3 nitrogen and oxygen atoms in total. The summed E-state index contributed by atoms with van der Waals surface area (Å²) in [6.07, 6.45) is 1.01. The molecular weight excluding hydrogens is 361 g/mol. The van der Waals surface area contributed by atoms with E-state index in [4.69, 9.17) is 23.2 Å². The Morgan fingerprint density at radius 1 is 0.958 bits per heavy atom. The number of halogens is 2. The van der Waals surface area contributed by atoms with Crippen molar-refractivity contribution in [2.45, 2.75) is 30.8 Å². The van der Waals surface area contributed by atoms with E-state index >= 15 is 0 Å². The highest BCUT2D eigenvalue weighted by Gasteiger charge is 2.15. The number of thioether (sulfide) groups is 1. The van der Waals surface area contributed by atoms with E-state index in [0.717, 1.165) is 35.1 Å². The van der Waals surface area contributed by atoms with Crippen LogP contribution in [0.15, 0.2) is 53.7 Å². The van der Waals surface area contributed by atoms with Crippen LogP contribution in [0.4, 0.5) is 0 Å². The van der Waals surface area contributed by atoms with E-state index in [2.05, 4.69) is 33.8 Å². The van der Waals surface area contributed by atoms with Crippen LogP contribution in [-0.4, -0.2) is 14.8 Å². The lowest BCUT2D eigenvalue weighted by Gasteiger charge is -2.10. The van der Waals surface area contributed by atoms with Crippen LogP contribution >= 0.6 is 35.0 Å². The van der Waals surface area contributed by atoms with E-state index in [0.29, 0.717) is 15.8 Å². The van der Waals surface area contributed by atoms with E-state index in [-0.39, 0.29) is 0 Å². The topological polar surface area (TPSA) is 30.7 Å². The largest absolute Gasteiger partial charge is 0.302 e. The molecule has 0 spiro atoms. The van der Waals surface area contributed by atoms with Gasteiger partial charge in [0.05, 0.1) is 0 Å². The number of nitrogens with zero attached hydrogens (tertiary/aromatic N) is 3. The Morgan fingerprint density at radius 3 is 2.33 bits per heavy atom. The number of benzene rings is 2. The summed E-state index contributed by atoms with van der Waals surface area (Å²) in [5.74, 6) is 1.56.